The number of barbiturate groups is 1. The van der Waals surface area contributed by atoms with Crippen LogP contribution in [0, 0.1) is 0 Å². The maximum atomic E-state index is 13.1. The second-order valence-corrected chi connectivity index (χ2v) is 7.49. The molecule has 2 aliphatic rings. The third kappa shape index (κ3) is 4.43. The van der Waals surface area contributed by atoms with E-state index in [9.17, 15) is 19.2 Å². The second-order valence-electron chi connectivity index (χ2n) is 6.67. The number of rotatable bonds is 5. The Morgan fingerprint density at radius 1 is 1.12 bits per heavy atom. The average Bonchev–Trinajstić information content (AvgIpc) is 3.23. The zero-order valence-electron chi connectivity index (χ0n) is 16.8. The number of amides is 4. The van der Waals surface area contributed by atoms with E-state index in [4.69, 9.17) is 37.4 Å². The van der Waals surface area contributed by atoms with Crippen LogP contribution in [0.5, 0.6) is 17.2 Å². The lowest BCUT2D eigenvalue weighted by Crippen LogP contribution is -2.54. The van der Waals surface area contributed by atoms with Crippen LogP contribution in [-0.2, 0) is 19.1 Å². The van der Waals surface area contributed by atoms with E-state index in [1.54, 1.807) is 6.07 Å². The first-order valence-electron chi connectivity index (χ1n) is 9.28. The Bertz CT molecular complexity index is 1200. The van der Waals surface area contributed by atoms with Crippen molar-refractivity contribution < 1.29 is 38.1 Å². The van der Waals surface area contributed by atoms with E-state index < -0.39 is 30.4 Å². The fourth-order valence-electron chi connectivity index (χ4n) is 3.07. The van der Waals surface area contributed by atoms with Crippen molar-refractivity contribution in [3.63, 3.8) is 0 Å². The Hall–Kier alpha value is -3.76. The molecule has 2 aliphatic heterocycles. The third-order valence-corrected chi connectivity index (χ3v) is 5.17. The van der Waals surface area contributed by atoms with E-state index in [1.165, 1.54) is 37.5 Å². The Morgan fingerprint density at radius 3 is 2.52 bits per heavy atom. The van der Waals surface area contributed by atoms with E-state index in [1.807, 2.05) is 0 Å². The van der Waals surface area contributed by atoms with Gasteiger partial charge in [0.2, 0.25) is 6.79 Å². The molecule has 2 aromatic rings. The Labute approximate surface area is 196 Å². The summed E-state index contributed by atoms with van der Waals surface area (Å²) in [6.45, 7) is -0.396. The number of halogens is 2. The molecule has 0 atom stereocenters. The Balaban J connectivity index is 1.64. The smallest absolute Gasteiger partial charge is 0.343 e. The van der Waals surface area contributed by atoms with Crippen LogP contribution in [-0.4, -0.2) is 44.3 Å². The van der Waals surface area contributed by atoms with Crippen molar-refractivity contribution in [2.75, 3.05) is 25.4 Å². The predicted molar refractivity (Wildman–Crippen MR) is 116 cm³/mol. The molecule has 4 rings (SSSR count). The van der Waals surface area contributed by atoms with Gasteiger partial charge in [0.15, 0.2) is 23.9 Å². The summed E-state index contributed by atoms with van der Waals surface area (Å²) < 4.78 is 20.3. The minimum absolute atomic E-state index is 0.0173. The van der Waals surface area contributed by atoms with Gasteiger partial charge in [0, 0.05) is 6.07 Å². The Morgan fingerprint density at radius 2 is 1.82 bits per heavy atom. The molecule has 170 valence electrons. The predicted octanol–water partition coefficient (Wildman–Crippen LogP) is 2.94. The molecular formula is C21H14Cl2N2O8. The van der Waals surface area contributed by atoms with Crippen LogP contribution in [0.4, 0.5) is 10.5 Å². The lowest BCUT2D eigenvalue weighted by molar-refractivity contribution is -0.143. The number of methoxy groups -OCH3 is 1. The number of hydrogen-bond acceptors (Lipinski definition) is 8. The zero-order valence-corrected chi connectivity index (χ0v) is 18.4. The van der Waals surface area contributed by atoms with Crippen LogP contribution >= 0.6 is 23.2 Å². The molecule has 1 saturated heterocycles. The van der Waals surface area contributed by atoms with Crippen molar-refractivity contribution in [3.8, 4) is 17.2 Å². The number of carbonyl (C=O) groups is 4. The number of anilines is 1. The highest BCUT2D eigenvalue weighted by Crippen LogP contribution is 2.37. The molecule has 0 radical (unpaired) electrons. The number of imide groups is 2. The van der Waals surface area contributed by atoms with Crippen LogP contribution in [0.25, 0.3) is 6.08 Å². The van der Waals surface area contributed by atoms with Crippen molar-refractivity contribution >= 4 is 58.8 Å². The molecule has 0 saturated carbocycles. The van der Waals surface area contributed by atoms with E-state index in [-0.39, 0.29) is 39.4 Å². The van der Waals surface area contributed by atoms with Crippen LogP contribution < -0.4 is 24.4 Å². The first-order chi connectivity index (χ1) is 15.8. The molecule has 0 bridgehead atoms. The monoisotopic (exact) mass is 492 g/mol. The number of nitrogens with zero attached hydrogens (tertiary/aromatic N) is 1. The quantitative estimate of drug-likeness (QED) is 0.384. The van der Waals surface area contributed by atoms with Crippen LogP contribution in [0.3, 0.4) is 0 Å². The SMILES string of the molecule is COC(=O)COc1c(Cl)cc(/C=C2\C(=O)NC(=O)N(c3ccc4c(c3)OCO4)C2=O)cc1Cl. The fraction of sp³-hybridized carbons (Fsp3) is 0.143. The molecule has 0 spiro atoms. The molecule has 4 amide bonds. The third-order valence-electron chi connectivity index (χ3n) is 4.61. The number of benzene rings is 2. The number of urea groups is 1. The van der Waals surface area contributed by atoms with Gasteiger partial charge in [-0.3, -0.25) is 14.9 Å². The molecule has 1 N–H and O–H groups in total. The molecule has 0 aromatic heterocycles. The number of carbonyl (C=O) groups excluding carboxylic acids is 4. The van der Waals surface area contributed by atoms with Gasteiger partial charge in [-0.1, -0.05) is 23.2 Å². The van der Waals surface area contributed by atoms with Crippen LogP contribution in [0.2, 0.25) is 10.0 Å². The maximum absolute atomic E-state index is 13.1. The summed E-state index contributed by atoms with van der Waals surface area (Å²) in [5.41, 5.74) is 0.138. The molecule has 0 aliphatic carbocycles. The van der Waals surface area contributed by atoms with E-state index in [0.29, 0.717) is 11.5 Å². The molecule has 12 heteroatoms. The number of nitrogens with one attached hydrogen (secondary N) is 1. The highest BCUT2D eigenvalue weighted by Gasteiger charge is 2.37. The number of fused-ring (bicyclic) bond motifs is 1. The summed E-state index contributed by atoms with van der Waals surface area (Å²) in [6, 6.07) is 6.34. The van der Waals surface area contributed by atoms with Gasteiger partial charge in [-0.05, 0) is 35.9 Å². The van der Waals surface area contributed by atoms with E-state index in [0.717, 1.165) is 4.90 Å². The molecule has 2 heterocycles. The second kappa shape index (κ2) is 9.00. The van der Waals surface area contributed by atoms with Crippen LogP contribution in [0.1, 0.15) is 5.56 Å². The van der Waals surface area contributed by atoms with Crippen molar-refractivity contribution in [2.24, 2.45) is 0 Å². The largest absolute Gasteiger partial charge is 0.479 e. The normalized spacial score (nSPS) is 16.2. The maximum Gasteiger partial charge on any atom is 0.343 e. The molecule has 1 fully saturated rings. The average molecular weight is 493 g/mol. The van der Waals surface area contributed by atoms with Gasteiger partial charge in [0.25, 0.3) is 11.8 Å². The topological polar surface area (TPSA) is 120 Å². The summed E-state index contributed by atoms with van der Waals surface area (Å²) in [5, 5.41) is 2.19. The lowest BCUT2D eigenvalue weighted by Gasteiger charge is -2.26. The fourth-order valence-corrected chi connectivity index (χ4v) is 3.69. The summed E-state index contributed by atoms with van der Waals surface area (Å²) in [6.07, 6.45) is 1.23. The van der Waals surface area contributed by atoms with Gasteiger partial charge in [0.1, 0.15) is 5.57 Å². The van der Waals surface area contributed by atoms with Crippen molar-refractivity contribution in [2.45, 2.75) is 0 Å². The zero-order chi connectivity index (χ0) is 23.7. The highest BCUT2D eigenvalue weighted by atomic mass is 35.5. The van der Waals surface area contributed by atoms with Gasteiger partial charge >= 0.3 is 12.0 Å². The van der Waals surface area contributed by atoms with Gasteiger partial charge in [0.05, 0.1) is 22.8 Å². The summed E-state index contributed by atoms with van der Waals surface area (Å²) in [7, 11) is 1.20. The summed E-state index contributed by atoms with van der Waals surface area (Å²) in [4.78, 5) is 49.9. The standard InChI is InChI=1S/C21H14Cl2N2O8/c1-30-17(26)8-31-18-13(22)5-10(6-14(18)23)4-12-19(27)24-21(29)25(20(12)28)11-2-3-15-16(7-11)33-9-32-15/h2-7H,8-9H2,1H3,(H,24,27,29)/b12-4+. The minimum Gasteiger partial charge on any atom is -0.479 e. The number of esters is 1. The van der Waals surface area contributed by atoms with Gasteiger partial charge in [-0.2, -0.15) is 0 Å². The molecule has 33 heavy (non-hydrogen) atoms. The summed E-state index contributed by atoms with van der Waals surface area (Å²) in [5.74, 6) is -1.53. The number of hydrogen-bond donors (Lipinski definition) is 1. The van der Waals surface area contributed by atoms with E-state index >= 15 is 0 Å². The van der Waals surface area contributed by atoms with Gasteiger partial charge in [-0.15, -0.1) is 0 Å². The molecule has 0 unspecified atom stereocenters. The summed E-state index contributed by atoms with van der Waals surface area (Å²) >= 11 is 12.4. The highest BCUT2D eigenvalue weighted by molar-refractivity contribution is 6.40. The minimum atomic E-state index is -0.913. The Kier molecular flexibility index (Phi) is 6.12. The molecule has 2 aromatic carbocycles. The first kappa shape index (κ1) is 22.4. The van der Waals surface area contributed by atoms with Gasteiger partial charge < -0.3 is 18.9 Å². The number of ether oxygens (including phenoxy) is 4. The van der Waals surface area contributed by atoms with Crippen molar-refractivity contribution in [1.29, 1.82) is 0 Å². The van der Waals surface area contributed by atoms with E-state index in [2.05, 4.69) is 10.1 Å². The molecular weight excluding hydrogens is 479 g/mol. The van der Waals surface area contributed by atoms with Gasteiger partial charge in [-0.25, -0.2) is 14.5 Å². The van der Waals surface area contributed by atoms with Crippen molar-refractivity contribution in [3.05, 3.63) is 51.5 Å². The van der Waals surface area contributed by atoms with Crippen LogP contribution in [0.15, 0.2) is 35.9 Å². The molecule has 10 nitrogen and oxygen atoms in total. The van der Waals surface area contributed by atoms with Crippen molar-refractivity contribution in [1.82, 2.24) is 5.32 Å². The lowest BCUT2D eigenvalue weighted by atomic mass is 10.1. The first-order valence-corrected chi connectivity index (χ1v) is 10.0.